The van der Waals surface area contributed by atoms with Gasteiger partial charge in [-0.05, 0) is 41.5 Å². The Morgan fingerprint density at radius 1 is 0.846 bits per heavy atom. The lowest BCUT2D eigenvalue weighted by Crippen LogP contribution is -2.27. The average Bonchev–Trinajstić information content (AvgIpc) is 2.60. The van der Waals surface area contributed by atoms with Gasteiger partial charge in [-0.25, -0.2) is 26.7 Å². The smallest absolute Gasteiger partial charge is 0.225 e. The Balaban J connectivity index is 1.97. The van der Waals surface area contributed by atoms with Crippen LogP contribution in [0.5, 0.6) is 0 Å². The quantitative estimate of drug-likeness (QED) is 0.698. The summed E-state index contributed by atoms with van der Waals surface area (Å²) in [4.78, 5) is -0.408. The third-order valence-electron chi connectivity index (χ3n) is 4.07. The molecule has 8 heteroatoms. The van der Waals surface area contributed by atoms with Crippen LogP contribution < -0.4 is 9.86 Å². The van der Waals surface area contributed by atoms with Crippen molar-refractivity contribution in [3.63, 3.8) is 0 Å². The average molecular weight is 390 g/mol. The summed E-state index contributed by atoms with van der Waals surface area (Å²) in [5.41, 5.74) is 0.828. The molecule has 3 rings (SSSR count). The van der Waals surface area contributed by atoms with Gasteiger partial charge in [0.2, 0.25) is 20.0 Å². The van der Waals surface area contributed by atoms with Crippen molar-refractivity contribution in [2.45, 2.75) is 22.8 Å². The zero-order valence-corrected chi connectivity index (χ0v) is 15.6. The number of nitrogens with one attached hydrogen (secondary N) is 1. The molecule has 1 atom stereocenters. The van der Waals surface area contributed by atoms with Gasteiger partial charge in [-0.2, -0.15) is 0 Å². The number of sulfonamides is 2. The Kier molecular flexibility index (Phi) is 4.85. The summed E-state index contributed by atoms with van der Waals surface area (Å²) in [5, 5.41) is 7.03. The van der Waals surface area contributed by atoms with Crippen LogP contribution in [0.1, 0.15) is 18.5 Å². The number of rotatable bonds is 5. The molecule has 6 nitrogen and oxygen atoms in total. The van der Waals surface area contributed by atoms with Crippen molar-refractivity contribution >= 4 is 30.8 Å². The number of hydrogen-bond donors (Lipinski definition) is 2. The Bertz CT molecular complexity index is 1170. The Morgan fingerprint density at radius 3 is 2.19 bits per heavy atom. The van der Waals surface area contributed by atoms with E-state index in [4.69, 9.17) is 5.14 Å². The molecule has 0 bridgehead atoms. The molecule has 0 aliphatic carbocycles. The molecule has 0 saturated heterocycles. The highest BCUT2D eigenvalue weighted by atomic mass is 32.2. The summed E-state index contributed by atoms with van der Waals surface area (Å²) in [7, 11) is -7.92. The van der Waals surface area contributed by atoms with E-state index in [1.165, 1.54) is 18.2 Å². The minimum Gasteiger partial charge on any atom is -0.225 e. The van der Waals surface area contributed by atoms with Crippen LogP contribution in [0.3, 0.4) is 0 Å². The summed E-state index contributed by atoms with van der Waals surface area (Å²) < 4.78 is 50.9. The maximum atomic E-state index is 12.7. The summed E-state index contributed by atoms with van der Waals surface area (Å²) in [5.74, 6) is 0. The van der Waals surface area contributed by atoms with Gasteiger partial charge in [0.15, 0.2) is 0 Å². The fourth-order valence-corrected chi connectivity index (χ4v) is 4.71. The maximum Gasteiger partial charge on any atom is 0.241 e. The monoisotopic (exact) mass is 390 g/mol. The summed E-state index contributed by atoms with van der Waals surface area (Å²) in [6, 6.07) is 17.8. The SMILES string of the molecule is CC(NS(=O)(=O)c1cccc(S(N)(=O)=O)c1)c1cccc2ccccc12. The van der Waals surface area contributed by atoms with E-state index in [0.29, 0.717) is 0 Å². The molecule has 0 aromatic heterocycles. The molecule has 136 valence electrons. The van der Waals surface area contributed by atoms with Crippen molar-refractivity contribution < 1.29 is 16.8 Å². The Hall–Kier alpha value is -2.26. The van der Waals surface area contributed by atoms with Crippen molar-refractivity contribution in [3.05, 3.63) is 72.3 Å². The number of hydrogen-bond acceptors (Lipinski definition) is 4. The molecular formula is C18H18N2O4S2. The minimum absolute atomic E-state index is 0.156. The highest BCUT2D eigenvalue weighted by molar-refractivity contribution is 7.90. The van der Waals surface area contributed by atoms with Gasteiger partial charge in [-0.1, -0.05) is 48.5 Å². The van der Waals surface area contributed by atoms with Gasteiger partial charge in [0.05, 0.1) is 9.79 Å². The predicted molar refractivity (Wildman–Crippen MR) is 100 cm³/mol. The molecule has 0 aliphatic rings. The van der Waals surface area contributed by atoms with Gasteiger partial charge >= 0.3 is 0 Å². The normalized spacial score (nSPS) is 13.6. The number of nitrogens with two attached hydrogens (primary N) is 1. The lowest BCUT2D eigenvalue weighted by atomic mass is 10.0. The second-order valence-corrected chi connectivity index (χ2v) is 9.21. The molecule has 26 heavy (non-hydrogen) atoms. The Labute approximate surface area is 152 Å². The summed E-state index contributed by atoms with van der Waals surface area (Å²) >= 11 is 0. The Morgan fingerprint density at radius 2 is 1.46 bits per heavy atom. The third-order valence-corrected chi connectivity index (χ3v) is 6.52. The largest absolute Gasteiger partial charge is 0.241 e. The molecule has 0 aliphatic heterocycles. The molecule has 0 saturated carbocycles. The van der Waals surface area contributed by atoms with Crippen LogP contribution in [-0.2, 0) is 20.0 Å². The lowest BCUT2D eigenvalue weighted by Gasteiger charge is -2.17. The standard InChI is InChI=1S/C18H18N2O4S2/c1-13(17-11-4-7-14-6-2-3-10-18(14)17)20-26(23,24)16-9-5-8-15(12-16)25(19,21)22/h2-13,20H,1H3,(H2,19,21,22). The van der Waals surface area contributed by atoms with Gasteiger partial charge in [0.1, 0.15) is 0 Å². The first kappa shape index (κ1) is 18.5. The first-order chi connectivity index (χ1) is 12.2. The van der Waals surface area contributed by atoms with Crippen molar-refractivity contribution in [2.75, 3.05) is 0 Å². The molecule has 0 radical (unpaired) electrons. The minimum atomic E-state index is -3.99. The van der Waals surface area contributed by atoms with E-state index in [1.807, 2.05) is 42.5 Å². The second-order valence-electron chi connectivity index (χ2n) is 5.93. The van der Waals surface area contributed by atoms with E-state index in [9.17, 15) is 16.8 Å². The van der Waals surface area contributed by atoms with Crippen LogP contribution in [0.25, 0.3) is 10.8 Å². The molecule has 3 aromatic rings. The molecule has 0 fully saturated rings. The highest BCUT2D eigenvalue weighted by Crippen LogP contribution is 2.25. The number of benzene rings is 3. The van der Waals surface area contributed by atoms with Crippen LogP contribution in [-0.4, -0.2) is 16.8 Å². The summed E-state index contributed by atoms with van der Waals surface area (Å²) in [6.07, 6.45) is 0. The van der Waals surface area contributed by atoms with Gasteiger partial charge in [0, 0.05) is 6.04 Å². The molecule has 0 spiro atoms. The van der Waals surface area contributed by atoms with Gasteiger partial charge in [0.25, 0.3) is 0 Å². The second kappa shape index (κ2) is 6.81. The molecule has 0 amide bonds. The van der Waals surface area contributed by atoms with E-state index < -0.39 is 26.1 Å². The van der Waals surface area contributed by atoms with Crippen LogP contribution >= 0.6 is 0 Å². The number of primary sulfonamides is 1. The maximum absolute atomic E-state index is 12.7. The van der Waals surface area contributed by atoms with Crippen LogP contribution in [0, 0.1) is 0 Å². The summed E-state index contributed by atoms with van der Waals surface area (Å²) in [6.45, 7) is 1.74. The topological polar surface area (TPSA) is 106 Å². The first-order valence-electron chi connectivity index (χ1n) is 7.81. The van der Waals surface area contributed by atoms with Crippen LogP contribution in [0.15, 0.2) is 76.5 Å². The van der Waals surface area contributed by atoms with E-state index >= 15 is 0 Å². The fraction of sp³-hybridized carbons (Fsp3) is 0.111. The van der Waals surface area contributed by atoms with E-state index in [-0.39, 0.29) is 9.79 Å². The fourth-order valence-electron chi connectivity index (χ4n) is 2.81. The van der Waals surface area contributed by atoms with Gasteiger partial charge in [-0.15, -0.1) is 0 Å². The van der Waals surface area contributed by atoms with Gasteiger partial charge < -0.3 is 0 Å². The molecule has 1 unspecified atom stereocenters. The highest BCUT2D eigenvalue weighted by Gasteiger charge is 2.21. The predicted octanol–water partition coefficient (Wildman–Crippen LogP) is 2.53. The lowest BCUT2D eigenvalue weighted by molar-refractivity contribution is 0.567. The van der Waals surface area contributed by atoms with Crippen molar-refractivity contribution in [2.24, 2.45) is 5.14 Å². The van der Waals surface area contributed by atoms with Gasteiger partial charge in [-0.3, -0.25) is 0 Å². The van der Waals surface area contributed by atoms with E-state index in [1.54, 1.807) is 6.92 Å². The van der Waals surface area contributed by atoms with Crippen molar-refractivity contribution in [1.82, 2.24) is 4.72 Å². The molecular weight excluding hydrogens is 372 g/mol. The molecule has 3 N–H and O–H groups in total. The van der Waals surface area contributed by atoms with Crippen molar-refractivity contribution in [3.8, 4) is 0 Å². The van der Waals surface area contributed by atoms with E-state index in [2.05, 4.69) is 4.72 Å². The zero-order chi connectivity index (χ0) is 18.9. The third kappa shape index (κ3) is 3.78. The zero-order valence-electron chi connectivity index (χ0n) is 14.0. The van der Waals surface area contributed by atoms with E-state index in [0.717, 1.165) is 22.4 Å². The molecule has 0 heterocycles. The van der Waals surface area contributed by atoms with Crippen LogP contribution in [0.4, 0.5) is 0 Å². The van der Waals surface area contributed by atoms with Crippen molar-refractivity contribution in [1.29, 1.82) is 0 Å². The number of fused-ring (bicyclic) bond motifs is 1. The molecule has 3 aromatic carbocycles. The first-order valence-corrected chi connectivity index (χ1v) is 10.8. The van der Waals surface area contributed by atoms with Crippen LogP contribution in [0.2, 0.25) is 0 Å².